The number of carbonyl (C=O) groups is 1. The van der Waals surface area contributed by atoms with E-state index in [-0.39, 0.29) is 5.69 Å². The third kappa shape index (κ3) is 4.74. The van der Waals surface area contributed by atoms with Gasteiger partial charge in [-0.1, -0.05) is 15.9 Å². The molecule has 0 unspecified atom stereocenters. The van der Waals surface area contributed by atoms with Crippen LogP contribution in [0.2, 0.25) is 0 Å². The largest absolute Gasteiger partial charge is 0.485 e. The van der Waals surface area contributed by atoms with E-state index in [0.717, 1.165) is 23.7 Å². The zero-order chi connectivity index (χ0) is 21.1. The summed E-state index contributed by atoms with van der Waals surface area (Å²) in [5.74, 6) is -0.724. The molecule has 0 aliphatic rings. The first kappa shape index (κ1) is 21.1. The predicted molar refractivity (Wildman–Crippen MR) is 104 cm³/mol. The van der Waals surface area contributed by atoms with Crippen molar-refractivity contribution in [3.05, 3.63) is 61.1 Å². The maximum atomic E-state index is 12.6. The fourth-order valence-electron chi connectivity index (χ4n) is 2.28. The number of nitro benzene ring substituents is 2. The summed E-state index contributed by atoms with van der Waals surface area (Å²) in [5.41, 5.74) is -2.77. The van der Waals surface area contributed by atoms with Crippen LogP contribution in [0.3, 0.4) is 0 Å². The SMILES string of the molecule is COc1c([N+](=O)[O-])cc(NC(=O)C(C)(C)Oc2ccc(Br)cc2)cc1[N+](=O)[O-]. The number of benzene rings is 2. The Hall–Kier alpha value is -3.21. The number of ether oxygens (including phenoxy) is 2. The van der Waals surface area contributed by atoms with Gasteiger partial charge in [0.25, 0.3) is 11.7 Å². The van der Waals surface area contributed by atoms with Gasteiger partial charge in [-0.25, -0.2) is 0 Å². The van der Waals surface area contributed by atoms with E-state index in [1.807, 2.05) is 0 Å². The Kier molecular flexibility index (Phi) is 6.19. The average Bonchev–Trinajstić information content (AvgIpc) is 2.62. The molecule has 2 rings (SSSR count). The molecule has 0 aromatic heterocycles. The summed E-state index contributed by atoms with van der Waals surface area (Å²) in [6.07, 6.45) is 0. The number of nitro groups is 2. The molecule has 148 valence electrons. The molecule has 0 aliphatic heterocycles. The molecule has 0 bridgehead atoms. The zero-order valence-corrected chi connectivity index (χ0v) is 16.7. The van der Waals surface area contributed by atoms with E-state index in [0.29, 0.717) is 5.75 Å². The third-order valence-corrected chi connectivity index (χ3v) is 4.17. The highest BCUT2D eigenvalue weighted by molar-refractivity contribution is 9.10. The maximum Gasteiger partial charge on any atom is 0.320 e. The van der Waals surface area contributed by atoms with Crippen molar-refractivity contribution in [1.29, 1.82) is 0 Å². The minimum absolute atomic E-state index is 0.128. The fourth-order valence-corrected chi connectivity index (χ4v) is 2.54. The second-order valence-electron chi connectivity index (χ2n) is 6.08. The molecule has 0 radical (unpaired) electrons. The van der Waals surface area contributed by atoms with E-state index in [2.05, 4.69) is 21.2 Å². The molecule has 0 saturated heterocycles. The summed E-state index contributed by atoms with van der Waals surface area (Å²) in [7, 11) is 1.09. The van der Waals surface area contributed by atoms with E-state index in [1.54, 1.807) is 24.3 Å². The van der Waals surface area contributed by atoms with Gasteiger partial charge in [-0.15, -0.1) is 0 Å². The van der Waals surface area contributed by atoms with Gasteiger partial charge < -0.3 is 14.8 Å². The maximum absolute atomic E-state index is 12.6. The van der Waals surface area contributed by atoms with Gasteiger partial charge in [0.1, 0.15) is 5.75 Å². The first-order chi connectivity index (χ1) is 13.0. The summed E-state index contributed by atoms with van der Waals surface area (Å²) in [4.78, 5) is 33.4. The number of amides is 1. The second-order valence-corrected chi connectivity index (χ2v) is 7.00. The number of rotatable bonds is 7. The molecule has 2 aromatic carbocycles. The lowest BCUT2D eigenvalue weighted by Gasteiger charge is -2.25. The molecule has 0 aliphatic carbocycles. The Morgan fingerprint density at radius 1 is 1.07 bits per heavy atom. The molecule has 0 heterocycles. The second kappa shape index (κ2) is 8.21. The minimum Gasteiger partial charge on any atom is -0.485 e. The van der Waals surface area contributed by atoms with Gasteiger partial charge in [-0.3, -0.25) is 25.0 Å². The predicted octanol–water partition coefficient (Wildman–Crippen LogP) is 4.07. The molecular weight excluding hydrogens is 438 g/mol. The fraction of sp³-hybridized carbons (Fsp3) is 0.235. The van der Waals surface area contributed by atoms with E-state index in [9.17, 15) is 25.0 Å². The molecule has 0 atom stereocenters. The summed E-state index contributed by atoms with van der Waals surface area (Å²) < 4.78 is 11.3. The number of carbonyl (C=O) groups excluding carboxylic acids is 1. The van der Waals surface area contributed by atoms with Crippen LogP contribution in [0.25, 0.3) is 0 Å². The van der Waals surface area contributed by atoms with Crippen LogP contribution in [0.4, 0.5) is 17.1 Å². The molecule has 28 heavy (non-hydrogen) atoms. The molecule has 2 aromatic rings. The van der Waals surface area contributed by atoms with Crippen molar-refractivity contribution in [2.24, 2.45) is 0 Å². The average molecular weight is 454 g/mol. The van der Waals surface area contributed by atoms with Crippen molar-refractivity contribution >= 4 is 38.9 Å². The van der Waals surface area contributed by atoms with Crippen LogP contribution < -0.4 is 14.8 Å². The molecular formula is C17H16BrN3O7. The quantitative estimate of drug-likeness (QED) is 0.492. The smallest absolute Gasteiger partial charge is 0.320 e. The molecule has 1 amide bonds. The number of anilines is 1. The van der Waals surface area contributed by atoms with Crippen LogP contribution in [0.1, 0.15) is 13.8 Å². The molecule has 0 spiro atoms. The Bertz CT molecular complexity index is 894. The molecule has 0 saturated carbocycles. The number of halogens is 1. The summed E-state index contributed by atoms with van der Waals surface area (Å²) in [6, 6.07) is 8.75. The van der Waals surface area contributed by atoms with E-state index in [1.165, 1.54) is 13.8 Å². The Labute approximate surface area is 167 Å². The number of hydrogen-bond donors (Lipinski definition) is 1. The highest BCUT2D eigenvalue weighted by atomic mass is 79.9. The van der Waals surface area contributed by atoms with Crippen LogP contribution in [0.5, 0.6) is 11.5 Å². The van der Waals surface area contributed by atoms with Gasteiger partial charge in [0.2, 0.25) is 0 Å². The number of nitrogens with zero attached hydrogens (tertiary/aromatic N) is 2. The lowest BCUT2D eigenvalue weighted by molar-refractivity contribution is -0.395. The first-order valence-corrected chi connectivity index (χ1v) is 8.61. The number of nitrogens with one attached hydrogen (secondary N) is 1. The van der Waals surface area contributed by atoms with Crippen molar-refractivity contribution in [3.8, 4) is 11.5 Å². The topological polar surface area (TPSA) is 134 Å². The van der Waals surface area contributed by atoms with Crippen molar-refractivity contribution in [2.75, 3.05) is 12.4 Å². The van der Waals surface area contributed by atoms with Gasteiger partial charge in [-0.05, 0) is 38.1 Å². The summed E-state index contributed by atoms with van der Waals surface area (Å²) in [6.45, 7) is 2.99. The lowest BCUT2D eigenvalue weighted by atomic mass is 10.1. The Balaban J connectivity index is 2.32. The van der Waals surface area contributed by atoms with Crippen LogP contribution in [0.15, 0.2) is 40.9 Å². The highest BCUT2D eigenvalue weighted by Gasteiger charge is 2.33. The highest BCUT2D eigenvalue weighted by Crippen LogP contribution is 2.39. The van der Waals surface area contributed by atoms with Gasteiger partial charge in [-0.2, -0.15) is 0 Å². The minimum atomic E-state index is -1.36. The molecule has 11 heteroatoms. The monoisotopic (exact) mass is 453 g/mol. The lowest BCUT2D eigenvalue weighted by Crippen LogP contribution is -2.42. The van der Waals surface area contributed by atoms with Crippen LogP contribution in [-0.4, -0.2) is 28.5 Å². The Morgan fingerprint density at radius 3 is 2.00 bits per heavy atom. The van der Waals surface area contributed by atoms with E-state index >= 15 is 0 Å². The van der Waals surface area contributed by atoms with Gasteiger partial charge in [0.05, 0.1) is 22.6 Å². The van der Waals surface area contributed by atoms with Crippen molar-refractivity contribution in [3.63, 3.8) is 0 Å². The van der Waals surface area contributed by atoms with E-state index < -0.39 is 38.5 Å². The molecule has 1 N–H and O–H groups in total. The third-order valence-electron chi connectivity index (χ3n) is 3.64. The van der Waals surface area contributed by atoms with Crippen molar-refractivity contribution in [2.45, 2.75) is 19.4 Å². The van der Waals surface area contributed by atoms with Gasteiger partial charge in [0.15, 0.2) is 5.60 Å². The molecule has 0 fully saturated rings. The van der Waals surface area contributed by atoms with Crippen molar-refractivity contribution in [1.82, 2.24) is 0 Å². The molecule has 10 nitrogen and oxygen atoms in total. The van der Waals surface area contributed by atoms with E-state index in [4.69, 9.17) is 9.47 Å². The number of hydrogen-bond acceptors (Lipinski definition) is 7. The van der Waals surface area contributed by atoms with Crippen LogP contribution in [-0.2, 0) is 4.79 Å². The standard InChI is InChI=1S/C17H16BrN3O7/c1-17(2,28-12-6-4-10(18)5-7-12)16(22)19-11-8-13(20(23)24)15(27-3)14(9-11)21(25)26/h4-9H,1-3H3,(H,19,22). The number of methoxy groups -OCH3 is 1. The first-order valence-electron chi connectivity index (χ1n) is 7.82. The summed E-state index contributed by atoms with van der Waals surface area (Å²) >= 11 is 3.29. The van der Waals surface area contributed by atoms with Crippen molar-refractivity contribution < 1.29 is 24.1 Å². The van der Waals surface area contributed by atoms with Gasteiger partial charge >= 0.3 is 11.4 Å². The van der Waals surface area contributed by atoms with Gasteiger partial charge in [0, 0.05) is 16.6 Å². The summed E-state index contributed by atoms with van der Waals surface area (Å²) in [5, 5.41) is 24.9. The normalized spacial score (nSPS) is 10.9. The van der Waals surface area contributed by atoms with Crippen LogP contribution >= 0.6 is 15.9 Å². The van der Waals surface area contributed by atoms with Crippen LogP contribution in [0, 0.1) is 20.2 Å². The zero-order valence-electron chi connectivity index (χ0n) is 15.1. The Morgan fingerprint density at radius 2 is 1.57 bits per heavy atom.